The summed E-state index contributed by atoms with van der Waals surface area (Å²) in [7, 11) is 0. The maximum atomic E-state index is 13.6. The highest BCUT2D eigenvalue weighted by Crippen LogP contribution is 2.27. The van der Waals surface area contributed by atoms with Gasteiger partial charge in [0, 0.05) is 78.7 Å². The van der Waals surface area contributed by atoms with Crippen LogP contribution in [0.1, 0.15) is 58.3 Å². The number of hydrogen-bond donors (Lipinski definition) is 21. The summed E-state index contributed by atoms with van der Waals surface area (Å²) >= 11 is 0. The molecule has 0 saturated carbocycles. The molecule has 2 aromatic rings. The predicted octanol–water partition coefficient (Wildman–Crippen LogP) is -12.0. The summed E-state index contributed by atoms with van der Waals surface area (Å²) in [6.07, 6.45) is -13.2. The number of aliphatic hydroxyl groups is 12. The first kappa shape index (κ1) is 92.7. The minimum atomic E-state index is -1.50. The number of rotatable bonds is 51. The Balaban J connectivity index is 0.887. The van der Waals surface area contributed by atoms with Crippen molar-refractivity contribution in [3.05, 3.63) is 47.6 Å². The quantitative estimate of drug-likeness (QED) is 0.0274. The molecule has 114 heavy (non-hydrogen) atoms. The van der Waals surface area contributed by atoms with Crippen LogP contribution in [0.5, 0.6) is 0 Å². The normalized spacial score (nSPS) is 29.4. The molecule has 0 spiro atoms. The SMILES string of the molecule is CC(=O)NC1C(OCCOCCN2C=C(CN(CCCCC(C(=O)O)N(Cc3cn(CCOCCOC4OC(CO)C(O)C(O)C4NC(C)=O)nn3)Cc3cn(CCOCCOC4OC(CO)C(O)C(O)C4NC(C)=O)nn3)CC3=CN(CCOCCOC4OC(CO)C(O)C(O)C4NC(C)=O)NN3)NN2)OC(CO)C(O)C1O. The zero-order chi connectivity index (χ0) is 82.4. The third kappa shape index (κ3) is 28.5. The molecule has 6 aliphatic heterocycles. The summed E-state index contributed by atoms with van der Waals surface area (Å²) in [5, 5.41) is 165. The number of aliphatic hydroxyl groups excluding tert-OH is 12. The summed E-state index contributed by atoms with van der Waals surface area (Å²) in [5.74, 6) is -3.13. The number of carboxylic acids is 1. The van der Waals surface area contributed by atoms with Crippen molar-refractivity contribution >= 4 is 29.6 Å². The van der Waals surface area contributed by atoms with Crippen molar-refractivity contribution in [3.63, 3.8) is 0 Å². The molecule has 0 radical (unpaired) electrons. The van der Waals surface area contributed by atoms with Gasteiger partial charge in [-0.15, -0.1) is 21.3 Å². The van der Waals surface area contributed by atoms with Crippen molar-refractivity contribution < 1.29 is 147 Å². The molecule has 2 aromatic heterocycles. The molecule has 21 unspecified atom stereocenters. The number of hydrogen-bond acceptors (Lipinski definition) is 41. The van der Waals surface area contributed by atoms with E-state index in [9.17, 15) is 90.4 Å². The molecule has 6 aliphatic rings. The average molecular weight is 1640 g/mol. The lowest BCUT2D eigenvalue weighted by Crippen LogP contribution is -2.64. The van der Waals surface area contributed by atoms with Crippen molar-refractivity contribution in [3.8, 4) is 0 Å². The Morgan fingerprint density at radius 3 is 1.06 bits per heavy atom. The van der Waals surface area contributed by atoms with Gasteiger partial charge in [-0.2, -0.15) is 0 Å². The Bertz CT molecular complexity index is 3100. The van der Waals surface area contributed by atoms with Gasteiger partial charge < -0.3 is 155 Å². The van der Waals surface area contributed by atoms with Gasteiger partial charge in [0.1, 0.15) is 103 Å². The number of amides is 4. The third-order valence-electron chi connectivity index (χ3n) is 18.9. The molecule has 0 aliphatic carbocycles. The van der Waals surface area contributed by atoms with Crippen LogP contribution >= 0.6 is 0 Å². The van der Waals surface area contributed by atoms with E-state index in [1.54, 1.807) is 27.3 Å². The molecule has 0 aromatic carbocycles. The van der Waals surface area contributed by atoms with Crippen LogP contribution < -0.4 is 43.2 Å². The third-order valence-corrected chi connectivity index (χ3v) is 18.9. The van der Waals surface area contributed by atoms with Crippen LogP contribution in [0.4, 0.5) is 0 Å². The van der Waals surface area contributed by atoms with Crippen LogP contribution in [-0.2, 0) is 107 Å². The van der Waals surface area contributed by atoms with Gasteiger partial charge >= 0.3 is 5.97 Å². The van der Waals surface area contributed by atoms with E-state index in [-0.39, 0.29) is 112 Å². The topological polar surface area (TPSA) is 630 Å². The highest BCUT2D eigenvalue weighted by atomic mass is 16.7. The molecule has 4 fully saturated rings. The molecule has 21 N–H and O–H groups in total. The lowest BCUT2D eigenvalue weighted by molar-refractivity contribution is -0.272. The van der Waals surface area contributed by atoms with E-state index in [0.717, 1.165) is 11.4 Å². The van der Waals surface area contributed by atoms with Crippen LogP contribution in [0.2, 0.25) is 0 Å². The maximum absolute atomic E-state index is 13.6. The molecule has 4 saturated heterocycles. The average Bonchev–Trinajstić information content (AvgIpc) is 1.16. The van der Waals surface area contributed by atoms with Gasteiger partial charge in [0.05, 0.1) is 155 Å². The second kappa shape index (κ2) is 47.6. The van der Waals surface area contributed by atoms with Gasteiger partial charge in [0.2, 0.25) is 23.6 Å². The van der Waals surface area contributed by atoms with E-state index >= 15 is 0 Å². The summed E-state index contributed by atoms with van der Waals surface area (Å²) in [5.41, 5.74) is 15.0. The van der Waals surface area contributed by atoms with Gasteiger partial charge in [-0.3, -0.25) is 43.8 Å². The van der Waals surface area contributed by atoms with E-state index in [0.29, 0.717) is 57.0 Å². The fourth-order valence-corrected chi connectivity index (χ4v) is 13.2. The largest absolute Gasteiger partial charge is 0.480 e. The Morgan fingerprint density at radius 2 is 0.763 bits per heavy atom. The summed E-state index contributed by atoms with van der Waals surface area (Å²) in [6.45, 7) is 5.38. The zero-order valence-electron chi connectivity index (χ0n) is 64.0. The number of nitrogens with zero attached hydrogens (tertiary/aromatic N) is 10. The lowest BCUT2D eigenvalue weighted by atomic mass is 9.97. The minimum Gasteiger partial charge on any atom is -0.480 e. The highest BCUT2D eigenvalue weighted by molar-refractivity contribution is 5.75. The first-order valence-electron chi connectivity index (χ1n) is 37.6. The van der Waals surface area contributed by atoms with Crippen molar-refractivity contribution in [1.29, 1.82) is 0 Å². The summed E-state index contributed by atoms with van der Waals surface area (Å²) in [4.78, 5) is 65.0. The van der Waals surface area contributed by atoms with E-state index in [1.165, 1.54) is 37.1 Å². The maximum Gasteiger partial charge on any atom is 0.320 e. The second-order valence-corrected chi connectivity index (χ2v) is 27.7. The zero-order valence-corrected chi connectivity index (χ0v) is 64.0. The molecule has 48 nitrogen and oxygen atoms in total. The molecule has 648 valence electrons. The molecule has 4 amide bonds. The van der Waals surface area contributed by atoms with Crippen LogP contribution in [0.25, 0.3) is 0 Å². The molecular weight excluding hydrogens is 1520 g/mol. The number of carboxylic acid groups (broad SMARTS) is 1. The summed E-state index contributed by atoms with van der Waals surface area (Å²) in [6, 6.07) is -5.61. The number of carbonyl (C=O) groups is 5. The monoisotopic (exact) mass is 1640 g/mol. The Labute approximate surface area is 655 Å². The van der Waals surface area contributed by atoms with Crippen molar-refractivity contribution in [2.24, 2.45) is 0 Å². The van der Waals surface area contributed by atoms with Gasteiger partial charge in [-0.1, -0.05) is 16.8 Å². The highest BCUT2D eigenvalue weighted by Gasteiger charge is 2.49. The number of carbonyl (C=O) groups excluding carboxylic acids is 4. The van der Waals surface area contributed by atoms with E-state index in [2.05, 4.69) is 68.7 Å². The van der Waals surface area contributed by atoms with Crippen LogP contribution in [0, 0.1) is 0 Å². The van der Waals surface area contributed by atoms with E-state index in [4.69, 9.17) is 56.8 Å². The van der Waals surface area contributed by atoms with Gasteiger partial charge in [-0.05, 0) is 19.4 Å². The van der Waals surface area contributed by atoms with Crippen molar-refractivity contribution in [2.45, 2.75) is 202 Å². The van der Waals surface area contributed by atoms with Gasteiger partial charge in [-0.25, -0.2) is 9.36 Å². The second-order valence-electron chi connectivity index (χ2n) is 27.7. The molecule has 0 bridgehead atoms. The first-order valence-corrected chi connectivity index (χ1v) is 37.6. The molecular formula is C66H114N18O30. The smallest absolute Gasteiger partial charge is 0.320 e. The van der Waals surface area contributed by atoms with Crippen LogP contribution in [0.15, 0.2) is 36.2 Å². The molecule has 8 heterocycles. The number of aliphatic carboxylic acids is 1. The van der Waals surface area contributed by atoms with Crippen LogP contribution in [0.3, 0.4) is 0 Å². The standard InChI is InChI=1S/C66H114N18O30/c1-37(89)67-50-58(97)54(93)46(33-85)111-63(50)107-21-17-103-13-9-81-29-41(71-75-81)25-79(26-42-30-82(76-72-42)10-14-104-18-22-108-64-51(68-38(2)90)59(98)55(94)47(34-86)112-64)8-6-5-7-45(62(101)102)80(27-43-31-83(77-73-43)11-15-105-19-23-109-65-52(69-39(3)91)60(99)56(95)48(35-87)113-65)28-44-32-84(78-74-44)12-16-106-20-24-110-66-53(70-40(4)92)61(100)57(96)49(36-88)114-66/h29-32,45-61,63-66,71-72,75-76,85-88,93-100H,5-28,33-36H2,1-4H3,(H,67,89)(H,68,90)(H,69,91)(H,70,92)(H,101,102). The fourth-order valence-electron chi connectivity index (χ4n) is 13.2. The molecule has 8 rings (SSSR count). The van der Waals surface area contributed by atoms with Gasteiger partial charge in [0.15, 0.2) is 25.2 Å². The number of unbranched alkanes of at least 4 members (excludes halogenated alkanes) is 1. The predicted molar refractivity (Wildman–Crippen MR) is 382 cm³/mol. The van der Waals surface area contributed by atoms with Gasteiger partial charge in [0.25, 0.3) is 0 Å². The Hall–Kier alpha value is -6.81. The van der Waals surface area contributed by atoms with E-state index < -0.39 is 185 Å². The number of hydrazine groups is 4. The first-order chi connectivity index (χ1) is 54.8. The molecule has 48 heteroatoms. The molecule has 21 atom stereocenters. The fraction of sp³-hybridized carbons (Fsp3) is 0.803. The van der Waals surface area contributed by atoms with Crippen LogP contribution in [-0.4, -0.2) is 413 Å². The summed E-state index contributed by atoms with van der Waals surface area (Å²) < 4.78 is 71.8. The van der Waals surface area contributed by atoms with Crippen molar-refractivity contribution in [1.82, 2.24) is 93.0 Å². The number of ether oxygens (including phenoxy) is 12. The number of aromatic nitrogens is 6. The van der Waals surface area contributed by atoms with E-state index in [1.807, 2.05) is 12.4 Å². The van der Waals surface area contributed by atoms with Crippen molar-refractivity contribution in [2.75, 3.05) is 138 Å². The lowest BCUT2D eigenvalue weighted by Gasteiger charge is -2.42. The number of nitrogens with one attached hydrogen (secondary N) is 8. The Morgan fingerprint density at radius 1 is 0.447 bits per heavy atom. The minimum absolute atomic E-state index is 0.0104. The Kier molecular flexibility index (Phi) is 38.7.